The predicted molar refractivity (Wildman–Crippen MR) is 175 cm³/mol. The van der Waals surface area contributed by atoms with Gasteiger partial charge in [0.15, 0.2) is 0 Å². The molecular formula is C39H26S. The van der Waals surface area contributed by atoms with Crippen molar-refractivity contribution in [3.63, 3.8) is 0 Å². The van der Waals surface area contributed by atoms with E-state index in [0.717, 1.165) is 0 Å². The molecule has 1 heteroatoms. The maximum Gasteiger partial charge on any atom is 0.0433 e. The number of hydrogen-bond acceptors (Lipinski definition) is 1. The van der Waals surface area contributed by atoms with E-state index in [2.05, 4.69) is 146 Å². The van der Waals surface area contributed by atoms with Crippen LogP contribution in [0.5, 0.6) is 0 Å². The molecule has 0 amide bonds. The van der Waals surface area contributed by atoms with Crippen molar-refractivity contribution in [3.8, 4) is 33.4 Å². The SMILES string of the molecule is Cc1ccc(-c2c3ccccc3c(-c3ccc(-c4cccc5c4sc4ccccc45)cc3)c3ccccc23)cc1. The van der Waals surface area contributed by atoms with Gasteiger partial charge in [-0.05, 0) is 67.9 Å². The molecule has 0 saturated carbocycles. The van der Waals surface area contributed by atoms with E-state index in [-0.39, 0.29) is 0 Å². The molecule has 0 bridgehead atoms. The molecule has 0 unspecified atom stereocenters. The molecule has 0 aliphatic heterocycles. The van der Waals surface area contributed by atoms with E-state index in [1.807, 2.05) is 11.3 Å². The number of hydrogen-bond donors (Lipinski definition) is 0. The van der Waals surface area contributed by atoms with Gasteiger partial charge in [0.1, 0.15) is 0 Å². The van der Waals surface area contributed by atoms with Crippen LogP contribution in [-0.2, 0) is 0 Å². The standard InChI is InChI=1S/C39H26S/c1-25-17-19-27(20-18-25)37-31-10-2-4-12-33(31)38(34-13-5-3-11-32(34)37)28-23-21-26(22-24-28)29-14-8-15-35-30-9-6-7-16-36(30)40-39(29)35/h2-24H,1H3. The monoisotopic (exact) mass is 526 g/mol. The van der Waals surface area contributed by atoms with Crippen molar-refractivity contribution in [2.24, 2.45) is 0 Å². The van der Waals surface area contributed by atoms with Crippen molar-refractivity contribution in [2.45, 2.75) is 6.92 Å². The Morgan fingerprint density at radius 2 is 0.825 bits per heavy atom. The molecule has 0 aliphatic carbocycles. The first kappa shape index (κ1) is 23.2. The van der Waals surface area contributed by atoms with Gasteiger partial charge in [-0.1, -0.05) is 139 Å². The summed E-state index contributed by atoms with van der Waals surface area (Å²) in [5.74, 6) is 0. The fourth-order valence-electron chi connectivity index (χ4n) is 6.26. The van der Waals surface area contributed by atoms with Crippen molar-refractivity contribution in [1.29, 1.82) is 0 Å². The molecule has 8 aromatic rings. The average Bonchev–Trinajstić information content (AvgIpc) is 3.40. The highest BCUT2D eigenvalue weighted by Crippen LogP contribution is 2.45. The lowest BCUT2D eigenvalue weighted by Crippen LogP contribution is -1.91. The topological polar surface area (TPSA) is 0 Å². The minimum atomic E-state index is 1.25. The highest BCUT2D eigenvalue weighted by atomic mass is 32.1. The third-order valence-corrected chi connectivity index (χ3v) is 9.38. The summed E-state index contributed by atoms with van der Waals surface area (Å²) in [5, 5.41) is 7.84. The number of fused-ring (bicyclic) bond motifs is 5. The van der Waals surface area contributed by atoms with E-state index >= 15 is 0 Å². The minimum Gasteiger partial charge on any atom is -0.135 e. The summed E-state index contributed by atoms with van der Waals surface area (Å²) in [5.41, 5.74) is 8.95. The quantitative estimate of drug-likeness (QED) is 0.201. The third kappa shape index (κ3) is 3.59. The summed E-state index contributed by atoms with van der Waals surface area (Å²) in [6.07, 6.45) is 0. The largest absolute Gasteiger partial charge is 0.135 e. The summed E-state index contributed by atoms with van der Waals surface area (Å²) in [6.45, 7) is 2.15. The average molecular weight is 527 g/mol. The number of benzene rings is 7. The zero-order valence-corrected chi connectivity index (χ0v) is 23.0. The van der Waals surface area contributed by atoms with Gasteiger partial charge in [0.25, 0.3) is 0 Å². The molecule has 0 radical (unpaired) electrons. The van der Waals surface area contributed by atoms with Crippen molar-refractivity contribution in [1.82, 2.24) is 0 Å². The van der Waals surface area contributed by atoms with Crippen molar-refractivity contribution < 1.29 is 0 Å². The Morgan fingerprint density at radius 1 is 0.375 bits per heavy atom. The van der Waals surface area contributed by atoms with Crippen LogP contribution in [-0.4, -0.2) is 0 Å². The molecule has 7 aromatic carbocycles. The van der Waals surface area contributed by atoms with Crippen LogP contribution in [0.2, 0.25) is 0 Å². The van der Waals surface area contributed by atoms with E-state index in [4.69, 9.17) is 0 Å². The Balaban J connectivity index is 1.34. The lowest BCUT2D eigenvalue weighted by Gasteiger charge is -2.18. The maximum atomic E-state index is 2.31. The maximum absolute atomic E-state index is 2.31. The van der Waals surface area contributed by atoms with Gasteiger partial charge in [0.2, 0.25) is 0 Å². The lowest BCUT2D eigenvalue weighted by atomic mass is 9.85. The van der Waals surface area contributed by atoms with E-state index in [9.17, 15) is 0 Å². The molecule has 0 atom stereocenters. The first-order valence-corrected chi connectivity index (χ1v) is 14.6. The van der Waals surface area contributed by atoms with Gasteiger partial charge in [-0.15, -0.1) is 11.3 Å². The second-order valence-electron chi connectivity index (χ2n) is 10.6. The summed E-state index contributed by atoms with van der Waals surface area (Å²) >= 11 is 1.89. The van der Waals surface area contributed by atoms with Crippen molar-refractivity contribution in [3.05, 3.63) is 145 Å². The Bertz CT molecular complexity index is 2140. The highest BCUT2D eigenvalue weighted by molar-refractivity contribution is 7.26. The molecule has 0 nitrogen and oxygen atoms in total. The molecule has 0 aliphatic rings. The Morgan fingerprint density at radius 3 is 1.40 bits per heavy atom. The van der Waals surface area contributed by atoms with E-state index in [1.165, 1.54) is 80.7 Å². The van der Waals surface area contributed by atoms with Crippen LogP contribution in [0.3, 0.4) is 0 Å². The van der Waals surface area contributed by atoms with Crippen LogP contribution in [0, 0.1) is 6.92 Å². The van der Waals surface area contributed by atoms with Gasteiger partial charge in [-0.25, -0.2) is 0 Å². The molecule has 1 heterocycles. The second-order valence-corrected chi connectivity index (χ2v) is 11.6. The zero-order valence-electron chi connectivity index (χ0n) is 22.2. The summed E-state index contributed by atoms with van der Waals surface area (Å²) < 4.78 is 2.70. The highest BCUT2D eigenvalue weighted by Gasteiger charge is 2.17. The van der Waals surface area contributed by atoms with Gasteiger partial charge in [-0.3, -0.25) is 0 Å². The fourth-order valence-corrected chi connectivity index (χ4v) is 7.50. The molecule has 188 valence electrons. The first-order valence-electron chi connectivity index (χ1n) is 13.8. The summed E-state index contributed by atoms with van der Waals surface area (Å²) in [4.78, 5) is 0. The molecule has 0 saturated heterocycles. The molecule has 1 aromatic heterocycles. The van der Waals surface area contributed by atoms with Gasteiger partial charge >= 0.3 is 0 Å². The van der Waals surface area contributed by atoms with E-state index in [1.54, 1.807) is 0 Å². The van der Waals surface area contributed by atoms with Gasteiger partial charge in [0, 0.05) is 20.2 Å². The molecule has 8 rings (SSSR count). The Hall–Kier alpha value is -4.72. The Labute approximate surface area is 237 Å². The number of thiophene rings is 1. The number of rotatable bonds is 3. The van der Waals surface area contributed by atoms with Crippen molar-refractivity contribution in [2.75, 3.05) is 0 Å². The van der Waals surface area contributed by atoms with E-state index < -0.39 is 0 Å². The summed E-state index contributed by atoms with van der Waals surface area (Å²) in [7, 11) is 0. The van der Waals surface area contributed by atoms with Crippen molar-refractivity contribution >= 4 is 53.1 Å². The minimum absolute atomic E-state index is 1.25. The molecule has 40 heavy (non-hydrogen) atoms. The van der Waals surface area contributed by atoms with Gasteiger partial charge in [-0.2, -0.15) is 0 Å². The lowest BCUT2D eigenvalue weighted by molar-refractivity contribution is 1.47. The van der Waals surface area contributed by atoms with Crippen LogP contribution >= 0.6 is 11.3 Å². The van der Waals surface area contributed by atoms with Gasteiger partial charge < -0.3 is 0 Å². The van der Waals surface area contributed by atoms with Crippen LogP contribution in [0.1, 0.15) is 5.56 Å². The van der Waals surface area contributed by atoms with E-state index in [0.29, 0.717) is 0 Å². The van der Waals surface area contributed by atoms with Crippen LogP contribution in [0.4, 0.5) is 0 Å². The van der Waals surface area contributed by atoms with Crippen LogP contribution < -0.4 is 0 Å². The smallest absolute Gasteiger partial charge is 0.0433 e. The van der Waals surface area contributed by atoms with Crippen LogP contribution in [0.15, 0.2) is 140 Å². The summed E-state index contributed by atoms with van der Waals surface area (Å²) in [6, 6.07) is 51.3. The normalized spacial score (nSPS) is 11.6. The van der Waals surface area contributed by atoms with Crippen LogP contribution in [0.25, 0.3) is 75.1 Å². The molecular weight excluding hydrogens is 500 g/mol. The zero-order chi connectivity index (χ0) is 26.6. The van der Waals surface area contributed by atoms with Gasteiger partial charge in [0.05, 0.1) is 0 Å². The molecule has 0 N–H and O–H groups in total. The third-order valence-electron chi connectivity index (χ3n) is 8.16. The second kappa shape index (κ2) is 9.19. The molecule has 0 spiro atoms. The predicted octanol–water partition coefficient (Wildman–Crippen LogP) is 11.7. The Kier molecular flexibility index (Phi) is 5.33. The first-order chi connectivity index (χ1) is 19.8. The fraction of sp³-hybridized carbons (Fsp3) is 0.0256. The molecule has 0 fully saturated rings. The number of aryl methyl sites for hydroxylation is 1.